The first kappa shape index (κ1) is 13.0. The summed E-state index contributed by atoms with van der Waals surface area (Å²) in [4.78, 5) is 19.2. The molecule has 0 spiro atoms. The van der Waals surface area contributed by atoms with E-state index in [0.717, 1.165) is 16.5 Å². The molecule has 1 N–H and O–H groups in total. The number of rotatable bonds is 3. The third-order valence-electron chi connectivity index (χ3n) is 3.18. The number of nitro groups is 1. The Bertz CT molecular complexity index is 833. The Balaban J connectivity index is 2.16. The summed E-state index contributed by atoms with van der Waals surface area (Å²) in [5, 5.41) is 14.8. The van der Waals surface area contributed by atoms with Crippen LogP contribution in [0.5, 0.6) is 0 Å². The van der Waals surface area contributed by atoms with Crippen molar-refractivity contribution in [3.05, 3.63) is 58.8 Å². The van der Waals surface area contributed by atoms with Crippen molar-refractivity contribution >= 4 is 22.4 Å². The Labute approximate surface area is 120 Å². The molecule has 3 rings (SSSR count). The zero-order valence-corrected chi connectivity index (χ0v) is 11.3. The van der Waals surface area contributed by atoms with Crippen LogP contribution in [0, 0.1) is 10.1 Å². The van der Waals surface area contributed by atoms with E-state index in [-0.39, 0.29) is 5.69 Å². The van der Waals surface area contributed by atoms with Gasteiger partial charge in [-0.05, 0) is 18.2 Å². The molecule has 1 aromatic carbocycles. The van der Waals surface area contributed by atoms with Crippen LogP contribution in [0.1, 0.15) is 0 Å². The third-order valence-corrected chi connectivity index (χ3v) is 3.18. The van der Waals surface area contributed by atoms with Crippen molar-refractivity contribution in [3.63, 3.8) is 0 Å². The molecule has 104 valence electrons. The van der Waals surface area contributed by atoms with Crippen LogP contribution >= 0.6 is 0 Å². The molecule has 3 aromatic rings. The number of nitrogens with one attached hydrogen (secondary N) is 1. The number of hydrogen-bond acceptors (Lipinski definition) is 5. The van der Waals surface area contributed by atoms with Crippen molar-refractivity contribution in [2.45, 2.75) is 0 Å². The summed E-state index contributed by atoms with van der Waals surface area (Å²) in [7, 11) is 1.68. The van der Waals surface area contributed by atoms with Gasteiger partial charge in [0.2, 0.25) is 0 Å². The van der Waals surface area contributed by atoms with Crippen LogP contribution in [-0.2, 0) is 0 Å². The molecule has 2 heterocycles. The molecule has 0 fully saturated rings. The van der Waals surface area contributed by atoms with Gasteiger partial charge in [-0.15, -0.1) is 0 Å². The average molecular weight is 280 g/mol. The number of nitrogens with zero attached hydrogens (tertiary/aromatic N) is 3. The monoisotopic (exact) mass is 280 g/mol. The summed E-state index contributed by atoms with van der Waals surface area (Å²) in [5.74, 6) is 0.463. The van der Waals surface area contributed by atoms with Gasteiger partial charge in [-0.3, -0.25) is 15.1 Å². The van der Waals surface area contributed by atoms with Gasteiger partial charge in [0.25, 0.3) is 5.69 Å². The molecule has 0 saturated carbocycles. The number of fused-ring (bicyclic) bond motifs is 1. The molecule has 0 aliphatic carbocycles. The second-order valence-corrected chi connectivity index (χ2v) is 4.51. The van der Waals surface area contributed by atoms with Crippen LogP contribution in [0.3, 0.4) is 0 Å². The lowest BCUT2D eigenvalue weighted by atomic mass is 10.1. The van der Waals surface area contributed by atoms with Gasteiger partial charge in [-0.1, -0.05) is 12.1 Å². The molecule has 0 aliphatic heterocycles. The fraction of sp³-hybridized carbons (Fsp3) is 0.0667. The van der Waals surface area contributed by atoms with E-state index >= 15 is 0 Å². The van der Waals surface area contributed by atoms with Crippen molar-refractivity contribution in [3.8, 4) is 11.3 Å². The first-order valence-electron chi connectivity index (χ1n) is 6.37. The van der Waals surface area contributed by atoms with E-state index in [1.165, 1.54) is 12.1 Å². The Morgan fingerprint density at radius 2 is 2.05 bits per heavy atom. The predicted molar refractivity (Wildman–Crippen MR) is 81.2 cm³/mol. The fourth-order valence-electron chi connectivity index (χ4n) is 2.13. The number of hydrogen-bond donors (Lipinski definition) is 1. The van der Waals surface area contributed by atoms with Gasteiger partial charge in [-0.25, -0.2) is 4.98 Å². The molecule has 0 bridgehead atoms. The third kappa shape index (κ3) is 2.51. The van der Waals surface area contributed by atoms with Crippen LogP contribution < -0.4 is 5.32 Å². The van der Waals surface area contributed by atoms with Gasteiger partial charge in [0.15, 0.2) is 0 Å². The number of pyridine rings is 2. The summed E-state index contributed by atoms with van der Waals surface area (Å²) >= 11 is 0. The lowest BCUT2D eigenvalue weighted by Crippen LogP contribution is -1.97. The molecular formula is C15H12N4O2. The van der Waals surface area contributed by atoms with E-state index in [2.05, 4.69) is 15.3 Å². The molecule has 6 nitrogen and oxygen atoms in total. The van der Waals surface area contributed by atoms with Gasteiger partial charge in [0, 0.05) is 30.3 Å². The van der Waals surface area contributed by atoms with E-state index in [1.54, 1.807) is 13.2 Å². The highest BCUT2D eigenvalue weighted by atomic mass is 16.6. The molecule has 0 atom stereocenters. The van der Waals surface area contributed by atoms with E-state index < -0.39 is 4.92 Å². The van der Waals surface area contributed by atoms with E-state index in [4.69, 9.17) is 0 Å². The molecule has 0 amide bonds. The van der Waals surface area contributed by atoms with Gasteiger partial charge in [-0.2, -0.15) is 0 Å². The second-order valence-electron chi connectivity index (χ2n) is 4.51. The predicted octanol–water partition coefficient (Wildman–Crippen LogP) is 3.25. The fourth-order valence-corrected chi connectivity index (χ4v) is 2.13. The van der Waals surface area contributed by atoms with Crippen LogP contribution in [0.25, 0.3) is 22.2 Å². The highest BCUT2D eigenvalue weighted by molar-refractivity contribution is 5.84. The molecule has 2 aromatic heterocycles. The van der Waals surface area contributed by atoms with Crippen LogP contribution in [0.4, 0.5) is 11.5 Å². The number of benzene rings is 1. The van der Waals surface area contributed by atoms with Crippen LogP contribution in [-0.4, -0.2) is 21.9 Å². The van der Waals surface area contributed by atoms with Crippen molar-refractivity contribution in [1.82, 2.24) is 9.97 Å². The minimum Gasteiger partial charge on any atom is -0.373 e. The minimum absolute atomic E-state index is 0.00985. The summed E-state index contributed by atoms with van der Waals surface area (Å²) < 4.78 is 0. The van der Waals surface area contributed by atoms with Crippen molar-refractivity contribution < 1.29 is 4.92 Å². The average Bonchev–Trinajstić information content (AvgIpc) is 2.53. The Hall–Kier alpha value is -3.02. The number of aromatic nitrogens is 2. The molecular weight excluding hydrogens is 268 g/mol. The summed E-state index contributed by atoms with van der Waals surface area (Å²) in [6.45, 7) is 0. The molecule has 0 radical (unpaired) electrons. The SMILES string of the molecule is CNc1cc([N+](=O)[O-])cc(-c2ccc3ncccc3c2)n1. The Morgan fingerprint density at radius 1 is 1.19 bits per heavy atom. The second kappa shape index (κ2) is 5.16. The van der Waals surface area contributed by atoms with Crippen molar-refractivity contribution in [1.29, 1.82) is 0 Å². The van der Waals surface area contributed by atoms with Crippen molar-refractivity contribution in [2.24, 2.45) is 0 Å². The van der Waals surface area contributed by atoms with Gasteiger partial charge in [0.05, 0.1) is 22.2 Å². The van der Waals surface area contributed by atoms with Crippen molar-refractivity contribution in [2.75, 3.05) is 12.4 Å². The number of anilines is 1. The van der Waals surface area contributed by atoms with Gasteiger partial charge < -0.3 is 5.32 Å². The quantitative estimate of drug-likeness (QED) is 0.588. The molecule has 0 aliphatic rings. The first-order chi connectivity index (χ1) is 10.2. The summed E-state index contributed by atoms with van der Waals surface area (Å²) in [6.07, 6.45) is 1.73. The summed E-state index contributed by atoms with van der Waals surface area (Å²) in [5.41, 5.74) is 2.26. The van der Waals surface area contributed by atoms with E-state index in [1.807, 2.05) is 30.3 Å². The standard InChI is InChI=1S/C15H12N4O2/c1-16-15-9-12(19(20)21)8-14(18-15)11-4-5-13-10(7-11)3-2-6-17-13/h2-9H,1H3,(H,16,18). The Morgan fingerprint density at radius 3 is 2.81 bits per heavy atom. The van der Waals surface area contributed by atoms with Crippen LogP contribution in [0.2, 0.25) is 0 Å². The summed E-state index contributed by atoms with van der Waals surface area (Å²) in [6, 6.07) is 12.3. The highest BCUT2D eigenvalue weighted by Crippen LogP contribution is 2.27. The lowest BCUT2D eigenvalue weighted by Gasteiger charge is -2.06. The Kier molecular flexibility index (Phi) is 3.19. The van der Waals surface area contributed by atoms with E-state index in [0.29, 0.717) is 11.5 Å². The highest BCUT2D eigenvalue weighted by Gasteiger charge is 2.12. The maximum absolute atomic E-state index is 11.0. The lowest BCUT2D eigenvalue weighted by molar-refractivity contribution is -0.384. The van der Waals surface area contributed by atoms with E-state index in [9.17, 15) is 10.1 Å². The van der Waals surface area contributed by atoms with Gasteiger partial charge >= 0.3 is 0 Å². The maximum atomic E-state index is 11.0. The smallest absolute Gasteiger partial charge is 0.275 e. The zero-order chi connectivity index (χ0) is 14.8. The molecule has 6 heteroatoms. The van der Waals surface area contributed by atoms with Gasteiger partial charge in [0.1, 0.15) is 5.82 Å². The molecule has 21 heavy (non-hydrogen) atoms. The molecule has 0 saturated heterocycles. The maximum Gasteiger partial charge on any atom is 0.275 e. The largest absolute Gasteiger partial charge is 0.373 e. The topological polar surface area (TPSA) is 81.0 Å². The van der Waals surface area contributed by atoms with Crippen LogP contribution in [0.15, 0.2) is 48.7 Å². The first-order valence-corrected chi connectivity index (χ1v) is 6.37. The minimum atomic E-state index is -0.422. The molecule has 0 unspecified atom stereocenters. The normalized spacial score (nSPS) is 10.5. The zero-order valence-electron chi connectivity index (χ0n) is 11.3.